The van der Waals surface area contributed by atoms with Gasteiger partial charge in [-0.15, -0.1) is 11.3 Å². The largest absolute Gasteiger partial charge is 0.461 e. The number of carbonyl (C=O) groups is 2. The van der Waals surface area contributed by atoms with Crippen LogP contribution in [0.15, 0.2) is 60.7 Å². The van der Waals surface area contributed by atoms with Crippen LogP contribution >= 0.6 is 11.3 Å². The summed E-state index contributed by atoms with van der Waals surface area (Å²) >= 11 is 1.07. The summed E-state index contributed by atoms with van der Waals surface area (Å²) in [5.41, 5.74) is 1.87. The Hall–Kier alpha value is -2.79. The lowest BCUT2D eigenvalue weighted by Crippen LogP contribution is -2.03. The number of ketones is 1. The molecule has 0 saturated heterocycles. The highest BCUT2D eigenvalue weighted by Gasteiger charge is 2.24. The minimum atomic E-state index is -0.508. The Bertz CT molecular complexity index is 857. The molecule has 3 aromatic rings. The van der Waals surface area contributed by atoms with E-state index < -0.39 is 5.97 Å². The van der Waals surface area contributed by atoms with Crippen LogP contribution in [0.25, 0.3) is 11.3 Å². The van der Waals surface area contributed by atoms with Crippen LogP contribution in [0.5, 0.6) is 0 Å². The molecule has 120 valence electrons. The van der Waals surface area contributed by atoms with E-state index in [9.17, 15) is 9.59 Å². The summed E-state index contributed by atoms with van der Waals surface area (Å²) in [5.74, 6) is -0.658. The molecule has 0 bridgehead atoms. The smallest absolute Gasteiger partial charge is 0.367 e. The van der Waals surface area contributed by atoms with E-state index in [0.717, 1.165) is 16.9 Å². The van der Waals surface area contributed by atoms with Crippen LogP contribution < -0.4 is 0 Å². The van der Waals surface area contributed by atoms with Crippen LogP contribution in [-0.2, 0) is 4.74 Å². The van der Waals surface area contributed by atoms with Gasteiger partial charge in [-0.2, -0.15) is 0 Å². The molecule has 0 N–H and O–H groups in total. The molecule has 0 spiro atoms. The first-order chi connectivity index (χ1) is 11.7. The molecular weight excluding hydrogens is 322 g/mol. The van der Waals surface area contributed by atoms with Crippen LogP contribution in [-0.4, -0.2) is 23.3 Å². The number of nitrogens with zero attached hydrogens (tertiary/aromatic N) is 1. The summed E-state index contributed by atoms with van der Waals surface area (Å²) in [6.45, 7) is 2.00. The highest BCUT2D eigenvalue weighted by Crippen LogP contribution is 2.30. The van der Waals surface area contributed by atoms with Gasteiger partial charge in [0.2, 0.25) is 10.8 Å². The SMILES string of the molecule is CCOC(=O)c1nc(-c2ccccc2)c(C(=O)c2ccccc2)s1. The lowest BCUT2D eigenvalue weighted by Gasteiger charge is -2.02. The molecule has 3 rings (SSSR count). The van der Waals surface area contributed by atoms with Crippen molar-refractivity contribution in [1.82, 2.24) is 4.98 Å². The predicted octanol–water partition coefficient (Wildman–Crippen LogP) is 4.22. The maximum atomic E-state index is 12.9. The van der Waals surface area contributed by atoms with E-state index in [1.807, 2.05) is 48.5 Å². The van der Waals surface area contributed by atoms with Gasteiger partial charge in [-0.05, 0) is 6.92 Å². The number of hydrogen-bond acceptors (Lipinski definition) is 5. The molecule has 0 amide bonds. The first-order valence-electron chi connectivity index (χ1n) is 7.53. The lowest BCUT2D eigenvalue weighted by molar-refractivity contribution is 0.0526. The van der Waals surface area contributed by atoms with Gasteiger partial charge < -0.3 is 4.74 Å². The zero-order valence-electron chi connectivity index (χ0n) is 13.1. The van der Waals surface area contributed by atoms with Crippen molar-refractivity contribution in [1.29, 1.82) is 0 Å². The van der Waals surface area contributed by atoms with Crippen molar-refractivity contribution in [3.05, 3.63) is 76.1 Å². The fourth-order valence-electron chi connectivity index (χ4n) is 2.27. The second-order valence-corrected chi connectivity index (χ2v) is 5.98. The summed E-state index contributed by atoms with van der Waals surface area (Å²) in [4.78, 5) is 29.7. The number of carbonyl (C=O) groups excluding carboxylic acids is 2. The third-order valence-electron chi connectivity index (χ3n) is 3.37. The van der Waals surface area contributed by atoms with Gasteiger partial charge in [0, 0.05) is 11.1 Å². The molecule has 0 aliphatic rings. The molecule has 0 fully saturated rings. The van der Waals surface area contributed by atoms with Gasteiger partial charge in [-0.1, -0.05) is 60.7 Å². The minimum Gasteiger partial charge on any atom is -0.461 e. The highest BCUT2D eigenvalue weighted by molar-refractivity contribution is 7.16. The third kappa shape index (κ3) is 3.26. The van der Waals surface area contributed by atoms with Crippen molar-refractivity contribution in [2.45, 2.75) is 6.92 Å². The Kier molecular flexibility index (Phi) is 4.82. The van der Waals surface area contributed by atoms with E-state index in [2.05, 4.69) is 4.98 Å². The number of thiazole rings is 1. The molecule has 1 aromatic heterocycles. The van der Waals surface area contributed by atoms with Crippen molar-refractivity contribution in [2.24, 2.45) is 0 Å². The van der Waals surface area contributed by atoms with Gasteiger partial charge in [0.1, 0.15) is 4.88 Å². The molecule has 0 atom stereocenters. The van der Waals surface area contributed by atoms with E-state index in [0.29, 0.717) is 16.1 Å². The monoisotopic (exact) mass is 337 g/mol. The van der Waals surface area contributed by atoms with Gasteiger partial charge in [0.05, 0.1) is 12.3 Å². The topological polar surface area (TPSA) is 56.3 Å². The molecule has 0 aliphatic carbocycles. The van der Waals surface area contributed by atoms with Crippen LogP contribution in [0.2, 0.25) is 0 Å². The van der Waals surface area contributed by atoms with Crippen molar-refractivity contribution >= 4 is 23.1 Å². The number of hydrogen-bond donors (Lipinski definition) is 0. The van der Waals surface area contributed by atoms with Gasteiger partial charge in [-0.3, -0.25) is 4.79 Å². The first kappa shape index (κ1) is 16.1. The standard InChI is InChI=1S/C19H15NO3S/c1-2-23-19(22)18-20-15(13-9-5-3-6-10-13)17(24-18)16(21)14-11-7-4-8-12-14/h3-12H,2H2,1H3. The summed E-state index contributed by atoms with van der Waals surface area (Å²) in [6, 6.07) is 18.3. The molecule has 0 radical (unpaired) electrons. The van der Waals surface area contributed by atoms with Crippen LogP contribution in [0.1, 0.15) is 32.0 Å². The molecule has 0 aliphatic heterocycles. The zero-order valence-corrected chi connectivity index (χ0v) is 13.9. The molecule has 0 unspecified atom stereocenters. The van der Waals surface area contributed by atoms with Crippen LogP contribution in [0.4, 0.5) is 0 Å². The van der Waals surface area contributed by atoms with Crippen LogP contribution in [0, 0.1) is 0 Å². The number of ether oxygens (including phenoxy) is 1. The van der Waals surface area contributed by atoms with Gasteiger partial charge in [0.25, 0.3) is 0 Å². The first-order valence-corrected chi connectivity index (χ1v) is 8.35. The van der Waals surface area contributed by atoms with Crippen molar-refractivity contribution in [3.63, 3.8) is 0 Å². The van der Waals surface area contributed by atoms with Crippen molar-refractivity contribution in [3.8, 4) is 11.3 Å². The predicted molar refractivity (Wildman–Crippen MR) is 93.4 cm³/mol. The average molecular weight is 337 g/mol. The maximum absolute atomic E-state index is 12.9. The van der Waals surface area contributed by atoms with Gasteiger partial charge in [0.15, 0.2) is 0 Å². The number of rotatable bonds is 5. The summed E-state index contributed by atoms with van der Waals surface area (Å²) in [7, 11) is 0. The normalized spacial score (nSPS) is 10.4. The van der Waals surface area contributed by atoms with Gasteiger partial charge >= 0.3 is 5.97 Å². The Morgan fingerprint density at radius 1 is 1.00 bits per heavy atom. The van der Waals surface area contributed by atoms with Crippen LogP contribution in [0.3, 0.4) is 0 Å². The quantitative estimate of drug-likeness (QED) is 0.517. The lowest BCUT2D eigenvalue weighted by atomic mass is 10.1. The molecule has 24 heavy (non-hydrogen) atoms. The second kappa shape index (κ2) is 7.19. The van der Waals surface area contributed by atoms with E-state index in [1.54, 1.807) is 19.1 Å². The summed E-state index contributed by atoms with van der Waals surface area (Å²) < 4.78 is 5.02. The summed E-state index contributed by atoms with van der Waals surface area (Å²) in [6.07, 6.45) is 0. The highest BCUT2D eigenvalue weighted by atomic mass is 32.1. The molecule has 2 aromatic carbocycles. The molecular formula is C19H15NO3S. The Balaban J connectivity index is 2.09. The second-order valence-electron chi connectivity index (χ2n) is 4.98. The van der Waals surface area contributed by atoms with Crippen molar-refractivity contribution in [2.75, 3.05) is 6.61 Å². The zero-order chi connectivity index (χ0) is 16.9. The number of esters is 1. The van der Waals surface area contributed by atoms with E-state index >= 15 is 0 Å². The van der Waals surface area contributed by atoms with Crippen molar-refractivity contribution < 1.29 is 14.3 Å². The molecule has 4 nitrogen and oxygen atoms in total. The fourth-order valence-corrected chi connectivity index (χ4v) is 3.21. The Morgan fingerprint density at radius 2 is 1.62 bits per heavy atom. The van der Waals surface area contributed by atoms with E-state index in [4.69, 9.17) is 4.74 Å². The average Bonchev–Trinajstić information content (AvgIpc) is 3.08. The summed E-state index contributed by atoms with van der Waals surface area (Å²) in [5, 5.41) is 0.190. The van der Waals surface area contributed by atoms with E-state index in [1.165, 1.54) is 0 Å². The fraction of sp³-hybridized carbons (Fsp3) is 0.105. The van der Waals surface area contributed by atoms with E-state index in [-0.39, 0.29) is 17.4 Å². The molecule has 1 heterocycles. The number of aromatic nitrogens is 1. The number of benzene rings is 2. The Morgan fingerprint density at radius 3 is 2.25 bits per heavy atom. The molecule has 0 saturated carbocycles. The maximum Gasteiger partial charge on any atom is 0.367 e. The third-order valence-corrected chi connectivity index (χ3v) is 4.40. The van der Waals surface area contributed by atoms with Gasteiger partial charge in [-0.25, -0.2) is 9.78 Å². The molecule has 5 heteroatoms. The minimum absolute atomic E-state index is 0.150. The Labute approximate surface area is 143 Å².